The average molecular weight is 369 g/mol. The topological polar surface area (TPSA) is 70.9 Å². The Morgan fingerprint density at radius 3 is 1.93 bits per heavy atom. The molecular weight excluding hydrogens is 350 g/mol. The van der Waals surface area contributed by atoms with E-state index in [9.17, 15) is 9.59 Å². The van der Waals surface area contributed by atoms with Crippen molar-refractivity contribution in [2.24, 2.45) is 10.2 Å². The van der Waals surface area contributed by atoms with Crippen LogP contribution in [0.1, 0.15) is 28.4 Å². The van der Waals surface area contributed by atoms with Gasteiger partial charge in [-0.05, 0) is 17.7 Å². The number of carbonyl (C=O) groups excluding carboxylic acids is 2. The number of benzene rings is 3. The standard InChI is InChI=1S/C23H19N3O2/c1-17(27)25-21-14-12-18(13-15-21)16-24-26-22(19-8-4-2-5-9-19)23(28)20-10-6-3-7-11-20/h2-16H,1H3,(H,25,27)/b24-16-,26-22+. The first-order valence-corrected chi connectivity index (χ1v) is 8.77. The van der Waals surface area contributed by atoms with Crippen molar-refractivity contribution < 1.29 is 9.59 Å². The van der Waals surface area contributed by atoms with E-state index in [1.54, 1.807) is 30.5 Å². The molecule has 0 aliphatic heterocycles. The Labute approximate surface area is 163 Å². The number of rotatable bonds is 6. The summed E-state index contributed by atoms with van der Waals surface area (Å²) in [6.07, 6.45) is 1.57. The second-order valence-electron chi connectivity index (χ2n) is 6.06. The highest BCUT2D eigenvalue weighted by atomic mass is 16.1. The number of hydrogen-bond acceptors (Lipinski definition) is 4. The molecule has 5 nitrogen and oxygen atoms in total. The summed E-state index contributed by atoms with van der Waals surface area (Å²) in [5.41, 5.74) is 3.04. The van der Waals surface area contributed by atoms with Gasteiger partial charge in [-0.3, -0.25) is 9.59 Å². The summed E-state index contributed by atoms with van der Waals surface area (Å²) >= 11 is 0. The molecule has 0 atom stereocenters. The molecule has 28 heavy (non-hydrogen) atoms. The van der Waals surface area contributed by atoms with Crippen molar-refractivity contribution in [1.82, 2.24) is 0 Å². The maximum Gasteiger partial charge on any atom is 0.221 e. The number of anilines is 1. The third-order valence-corrected chi connectivity index (χ3v) is 3.89. The van der Waals surface area contributed by atoms with Crippen LogP contribution in [0.4, 0.5) is 5.69 Å². The quantitative estimate of drug-likeness (QED) is 0.399. The number of amides is 1. The van der Waals surface area contributed by atoms with Crippen molar-refractivity contribution in [3.8, 4) is 0 Å². The Morgan fingerprint density at radius 1 is 0.786 bits per heavy atom. The van der Waals surface area contributed by atoms with E-state index < -0.39 is 0 Å². The first kappa shape index (κ1) is 18.9. The molecule has 0 saturated heterocycles. The second-order valence-corrected chi connectivity index (χ2v) is 6.06. The molecule has 138 valence electrons. The monoisotopic (exact) mass is 369 g/mol. The summed E-state index contributed by atoms with van der Waals surface area (Å²) in [5.74, 6) is -0.317. The molecule has 3 rings (SSSR count). The molecule has 0 bridgehead atoms. The van der Waals surface area contributed by atoms with Gasteiger partial charge in [0.05, 0.1) is 6.21 Å². The predicted molar refractivity (Wildman–Crippen MR) is 112 cm³/mol. The highest BCUT2D eigenvalue weighted by Gasteiger charge is 2.15. The SMILES string of the molecule is CC(=O)Nc1ccc(/C=N\N=C(\C(=O)c2ccccc2)c2ccccc2)cc1. The van der Waals surface area contributed by atoms with Crippen LogP contribution in [0.2, 0.25) is 0 Å². The molecule has 3 aromatic rings. The van der Waals surface area contributed by atoms with Gasteiger partial charge >= 0.3 is 0 Å². The zero-order chi connectivity index (χ0) is 19.8. The van der Waals surface area contributed by atoms with E-state index in [1.807, 2.05) is 60.7 Å². The molecule has 0 heterocycles. The molecule has 3 aromatic carbocycles. The normalized spacial score (nSPS) is 11.4. The Morgan fingerprint density at radius 2 is 1.36 bits per heavy atom. The van der Waals surface area contributed by atoms with Gasteiger partial charge < -0.3 is 5.32 Å². The predicted octanol–water partition coefficient (Wildman–Crippen LogP) is 4.35. The fourth-order valence-electron chi connectivity index (χ4n) is 2.57. The number of ketones is 1. The molecule has 0 radical (unpaired) electrons. The summed E-state index contributed by atoms with van der Waals surface area (Å²) in [6.45, 7) is 1.46. The van der Waals surface area contributed by atoms with E-state index >= 15 is 0 Å². The van der Waals surface area contributed by atoms with Crippen molar-refractivity contribution in [2.45, 2.75) is 6.92 Å². The van der Waals surface area contributed by atoms with Crippen LogP contribution >= 0.6 is 0 Å². The van der Waals surface area contributed by atoms with Crippen molar-refractivity contribution in [3.63, 3.8) is 0 Å². The number of nitrogens with zero attached hydrogens (tertiary/aromatic N) is 2. The number of carbonyl (C=O) groups is 2. The van der Waals surface area contributed by atoms with Gasteiger partial charge in [-0.15, -0.1) is 5.10 Å². The summed E-state index contributed by atoms with van der Waals surface area (Å²) in [7, 11) is 0. The maximum absolute atomic E-state index is 12.9. The summed E-state index contributed by atoms with van der Waals surface area (Å²) in [4.78, 5) is 24.0. The van der Waals surface area contributed by atoms with E-state index in [4.69, 9.17) is 0 Å². The van der Waals surface area contributed by atoms with E-state index in [0.717, 1.165) is 5.56 Å². The Balaban J connectivity index is 1.86. The minimum atomic E-state index is -0.190. The van der Waals surface area contributed by atoms with Crippen molar-refractivity contribution in [3.05, 3.63) is 102 Å². The third-order valence-electron chi connectivity index (χ3n) is 3.89. The van der Waals surface area contributed by atoms with Crippen LogP contribution in [0.5, 0.6) is 0 Å². The lowest BCUT2D eigenvalue weighted by Crippen LogP contribution is -2.15. The fraction of sp³-hybridized carbons (Fsp3) is 0.0435. The maximum atomic E-state index is 12.9. The lowest BCUT2D eigenvalue weighted by atomic mass is 10.0. The molecule has 0 aliphatic rings. The number of Topliss-reactive ketones (excluding diaryl/α,β-unsaturated/α-hetero) is 1. The average Bonchev–Trinajstić information content (AvgIpc) is 2.73. The van der Waals surface area contributed by atoms with Crippen LogP contribution in [0.3, 0.4) is 0 Å². The van der Waals surface area contributed by atoms with Gasteiger partial charge in [-0.2, -0.15) is 5.10 Å². The van der Waals surface area contributed by atoms with Gasteiger partial charge in [0.2, 0.25) is 11.7 Å². The molecular formula is C23H19N3O2. The first-order chi connectivity index (χ1) is 13.6. The highest BCUT2D eigenvalue weighted by Crippen LogP contribution is 2.11. The largest absolute Gasteiger partial charge is 0.326 e. The van der Waals surface area contributed by atoms with Gasteiger partial charge in [0.25, 0.3) is 0 Å². The highest BCUT2D eigenvalue weighted by molar-refractivity contribution is 6.51. The van der Waals surface area contributed by atoms with Gasteiger partial charge in [-0.25, -0.2) is 0 Å². The van der Waals surface area contributed by atoms with Crippen LogP contribution in [-0.2, 0) is 4.79 Å². The molecule has 0 saturated carbocycles. The Bertz CT molecular complexity index is 1010. The van der Waals surface area contributed by atoms with Gasteiger partial charge in [0, 0.05) is 23.7 Å². The Kier molecular flexibility index (Phi) is 6.21. The lowest BCUT2D eigenvalue weighted by Gasteiger charge is -2.04. The molecule has 1 N–H and O–H groups in total. The van der Waals surface area contributed by atoms with Gasteiger partial charge in [0.15, 0.2) is 0 Å². The van der Waals surface area contributed by atoms with Crippen LogP contribution in [0, 0.1) is 0 Å². The molecule has 0 fully saturated rings. The fourth-order valence-corrected chi connectivity index (χ4v) is 2.57. The van der Waals surface area contributed by atoms with E-state index in [1.165, 1.54) is 6.92 Å². The molecule has 1 amide bonds. The summed E-state index contributed by atoms with van der Waals surface area (Å²) in [5, 5.41) is 11.0. The van der Waals surface area contributed by atoms with Crippen molar-refractivity contribution in [1.29, 1.82) is 0 Å². The lowest BCUT2D eigenvalue weighted by molar-refractivity contribution is -0.114. The smallest absolute Gasteiger partial charge is 0.221 e. The van der Waals surface area contributed by atoms with Crippen LogP contribution in [0.25, 0.3) is 0 Å². The summed E-state index contributed by atoms with van der Waals surface area (Å²) in [6, 6.07) is 25.4. The van der Waals surface area contributed by atoms with Gasteiger partial charge in [0.1, 0.15) is 5.71 Å². The number of hydrogen-bond donors (Lipinski definition) is 1. The number of nitrogens with one attached hydrogen (secondary N) is 1. The van der Waals surface area contributed by atoms with Crippen LogP contribution < -0.4 is 5.32 Å². The zero-order valence-electron chi connectivity index (χ0n) is 15.4. The zero-order valence-corrected chi connectivity index (χ0v) is 15.4. The van der Waals surface area contributed by atoms with E-state index in [2.05, 4.69) is 15.5 Å². The molecule has 0 spiro atoms. The first-order valence-electron chi connectivity index (χ1n) is 8.77. The summed E-state index contributed by atoms with van der Waals surface area (Å²) < 4.78 is 0. The second kappa shape index (κ2) is 9.19. The van der Waals surface area contributed by atoms with Crippen LogP contribution in [0.15, 0.2) is 95.1 Å². The Hall–Kier alpha value is -3.86. The minimum absolute atomic E-state index is 0.127. The van der Waals surface area contributed by atoms with Crippen LogP contribution in [-0.4, -0.2) is 23.6 Å². The molecule has 0 unspecified atom stereocenters. The third kappa shape index (κ3) is 5.08. The molecule has 0 aliphatic carbocycles. The van der Waals surface area contributed by atoms with Crippen molar-refractivity contribution >= 4 is 29.3 Å². The van der Waals surface area contributed by atoms with Crippen molar-refractivity contribution in [2.75, 3.05) is 5.32 Å². The minimum Gasteiger partial charge on any atom is -0.326 e. The van der Waals surface area contributed by atoms with Gasteiger partial charge in [-0.1, -0.05) is 72.8 Å². The molecule has 5 heteroatoms. The molecule has 0 aromatic heterocycles. The van der Waals surface area contributed by atoms with E-state index in [-0.39, 0.29) is 17.4 Å². The van der Waals surface area contributed by atoms with E-state index in [0.29, 0.717) is 16.8 Å².